The second-order valence-corrected chi connectivity index (χ2v) is 5.56. The maximum Gasteiger partial charge on any atom is 0.236 e. The predicted molar refractivity (Wildman–Crippen MR) is 96.8 cm³/mol. The molecule has 0 fully saturated rings. The van der Waals surface area contributed by atoms with Crippen LogP contribution in [0.4, 0.5) is 11.5 Å². The molecular formula is C19H17N5. The third-order valence-electron chi connectivity index (χ3n) is 3.75. The number of hydrogen-bond acceptors (Lipinski definition) is 4. The minimum absolute atomic E-state index is 0.672. The lowest BCUT2D eigenvalue weighted by molar-refractivity contribution is 1.06. The molecule has 0 radical (unpaired) electrons. The zero-order valence-electron chi connectivity index (χ0n) is 13.3. The Hall–Kier alpha value is -3.34. The van der Waals surface area contributed by atoms with E-state index in [1.54, 1.807) is 0 Å². The molecule has 0 spiro atoms. The van der Waals surface area contributed by atoms with Gasteiger partial charge in [0.05, 0.1) is 11.4 Å². The molecule has 118 valence electrons. The molecule has 0 atom stereocenters. The number of para-hydroxylation sites is 1. The topological polar surface area (TPSA) is 54.2 Å². The Kier molecular flexibility index (Phi) is 3.59. The molecule has 0 aliphatic carbocycles. The van der Waals surface area contributed by atoms with Crippen molar-refractivity contribution in [2.75, 3.05) is 10.9 Å². The Morgan fingerprint density at radius 3 is 2.29 bits per heavy atom. The van der Waals surface area contributed by atoms with Crippen LogP contribution in [0, 0.1) is 6.92 Å². The van der Waals surface area contributed by atoms with Crippen molar-refractivity contribution >= 4 is 17.3 Å². The van der Waals surface area contributed by atoms with Crippen LogP contribution in [-0.2, 0) is 0 Å². The number of imidazole rings is 1. The van der Waals surface area contributed by atoms with Gasteiger partial charge in [0.1, 0.15) is 5.82 Å². The van der Waals surface area contributed by atoms with Crippen LogP contribution in [0.1, 0.15) is 5.69 Å². The number of nitrogens with one attached hydrogen (secondary N) is 2. The standard InChI is InChI=1S/C19H17N5/c1-14-12-18(23-22-16-10-6-3-7-11-16)24-13-17(21-19(24)20-14)15-8-4-2-5-9-15/h2-13,22-23H,1H3. The molecule has 2 heterocycles. The van der Waals surface area contributed by atoms with Crippen LogP contribution < -0.4 is 10.9 Å². The third-order valence-corrected chi connectivity index (χ3v) is 3.75. The van der Waals surface area contributed by atoms with Crippen LogP contribution in [0.2, 0.25) is 0 Å². The first-order valence-corrected chi connectivity index (χ1v) is 7.79. The molecule has 0 aliphatic heterocycles. The molecule has 0 aliphatic rings. The van der Waals surface area contributed by atoms with E-state index in [0.29, 0.717) is 5.78 Å². The summed E-state index contributed by atoms with van der Waals surface area (Å²) in [6.07, 6.45) is 1.99. The van der Waals surface area contributed by atoms with Gasteiger partial charge in [-0.05, 0) is 19.1 Å². The summed E-state index contributed by atoms with van der Waals surface area (Å²) in [5, 5.41) is 0. The number of fused-ring (bicyclic) bond motifs is 1. The molecule has 5 nitrogen and oxygen atoms in total. The maximum atomic E-state index is 4.64. The maximum absolute atomic E-state index is 4.64. The SMILES string of the molecule is Cc1cc(NNc2ccccc2)n2cc(-c3ccccc3)nc2n1. The summed E-state index contributed by atoms with van der Waals surface area (Å²) in [5.74, 6) is 1.56. The quantitative estimate of drug-likeness (QED) is 0.556. The van der Waals surface area contributed by atoms with Gasteiger partial charge in [-0.25, -0.2) is 9.97 Å². The number of aromatic nitrogens is 3. The summed E-state index contributed by atoms with van der Waals surface area (Å²) in [4.78, 5) is 9.17. The van der Waals surface area contributed by atoms with Crippen molar-refractivity contribution < 1.29 is 0 Å². The largest absolute Gasteiger partial charge is 0.300 e. The first-order chi connectivity index (χ1) is 11.8. The molecule has 0 saturated heterocycles. The van der Waals surface area contributed by atoms with Crippen molar-refractivity contribution in [2.24, 2.45) is 0 Å². The van der Waals surface area contributed by atoms with Crippen LogP contribution >= 0.6 is 0 Å². The Morgan fingerprint density at radius 2 is 1.54 bits per heavy atom. The number of aryl methyl sites for hydroxylation is 1. The lowest BCUT2D eigenvalue weighted by Gasteiger charge is -2.11. The first-order valence-electron chi connectivity index (χ1n) is 7.79. The molecule has 4 rings (SSSR count). The van der Waals surface area contributed by atoms with Crippen molar-refractivity contribution in [1.29, 1.82) is 0 Å². The van der Waals surface area contributed by atoms with Crippen LogP contribution in [-0.4, -0.2) is 14.4 Å². The van der Waals surface area contributed by atoms with Gasteiger partial charge in [-0.15, -0.1) is 0 Å². The average molecular weight is 315 g/mol. The van der Waals surface area contributed by atoms with Gasteiger partial charge in [-0.1, -0.05) is 48.5 Å². The summed E-state index contributed by atoms with van der Waals surface area (Å²) in [6, 6.07) is 22.1. The second kappa shape index (κ2) is 6.04. The normalized spacial score (nSPS) is 10.7. The molecule has 0 saturated carbocycles. The van der Waals surface area contributed by atoms with E-state index in [0.717, 1.165) is 28.5 Å². The smallest absolute Gasteiger partial charge is 0.236 e. The Bertz CT molecular complexity index is 961. The highest BCUT2D eigenvalue weighted by atomic mass is 15.4. The summed E-state index contributed by atoms with van der Waals surface area (Å²) >= 11 is 0. The van der Waals surface area contributed by atoms with E-state index in [1.807, 2.05) is 84.3 Å². The van der Waals surface area contributed by atoms with Crippen molar-refractivity contribution in [3.63, 3.8) is 0 Å². The lowest BCUT2D eigenvalue weighted by Crippen LogP contribution is -2.12. The first kappa shape index (κ1) is 14.3. The third kappa shape index (κ3) is 2.79. The van der Waals surface area contributed by atoms with Gasteiger partial charge < -0.3 is 0 Å². The molecule has 0 unspecified atom stereocenters. The van der Waals surface area contributed by atoms with Gasteiger partial charge in [0, 0.05) is 23.5 Å². The molecule has 4 aromatic rings. The number of rotatable bonds is 4. The highest BCUT2D eigenvalue weighted by Crippen LogP contribution is 2.21. The number of anilines is 2. The van der Waals surface area contributed by atoms with Crippen LogP contribution in [0.15, 0.2) is 72.9 Å². The molecule has 0 amide bonds. The zero-order chi connectivity index (χ0) is 16.4. The van der Waals surface area contributed by atoms with Crippen molar-refractivity contribution in [3.8, 4) is 11.3 Å². The summed E-state index contributed by atoms with van der Waals surface area (Å²) in [7, 11) is 0. The van der Waals surface area contributed by atoms with Gasteiger partial charge in [0.15, 0.2) is 0 Å². The van der Waals surface area contributed by atoms with Crippen LogP contribution in [0.3, 0.4) is 0 Å². The minimum Gasteiger partial charge on any atom is -0.300 e. The Labute approximate surface area is 140 Å². The van der Waals surface area contributed by atoms with E-state index in [4.69, 9.17) is 0 Å². The van der Waals surface area contributed by atoms with Crippen LogP contribution in [0.5, 0.6) is 0 Å². The van der Waals surface area contributed by atoms with E-state index in [-0.39, 0.29) is 0 Å². The van der Waals surface area contributed by atoms with Gasteiger partial charge in [0.25, 0.3) is 0 Å². The molecule has 2 aromatic heterocycles. The molecule has 2 N–H and O–H groups in total. The van der Waals surface area contributed by atoms with E-state index < -0.39 is 0 Å². The van der Waals surface area contributed by atoms with Gasteiger partial charge in [0.2, 0.25) is 5.78 Å². The van der Waals surface area contributed by atoms with Gasteiger partial charge in [-0.3, -0.25) is 15.3 Å². The van der Waals surface area contributed by atoms with Gasteiger partial charge >= 0.3 is 0 Å². The number of hydrogen-bond donors (Lipinski definition) is 2. The second-order valence-electron chi connectivity index (χ2n) is 5.56. The highest BCUT2D eigenvalue weighted by molar-refractivity contribution is 5.63. The van der Waals surface area contributed by atoms with Crippen molar-refractivity contribution in [1.82, 2.24) is 14.4 Å². The van der Waals surface area contributed by atoms with Crippen LogP contribution in [0.25, 0.3) is 17.0 Å². The van der Waals surface area contributed by atoms with E-state index in [2.05, 4.69) is 20.8 Å². The molecule has 2 aromatic carbocycles. The number of hydrazine groups is 1. The van der Waals surface area contributed by atoms with Crippen molar-refractivity contribution in [3.05, 3.63) is 78.6 Å². The summed E-state index contributed by atoms with van der Waals surface area (Å²) < 4.78 is 1.95. The van der Waals surface area contributed by atoms with Gasteiger partial charge in [-0.2, -0.15) is 0 Å². The number of nitrogens with zero attached hydrogens (tertiary/aromatic N) is 3. The lowest BCUT2D eigenvalue weighted by atomic mass is 10.2. The van der Waals surface area contributed by atoms with Crippen molar-refractivity contribution in [2.45, 2.75) is 6.92 Å². The minimum atomic E-state index is 0.672. The molecule has 5 heteroatoms. The van der Waals surface area contributed by atoms with E-state index in [1.165, 1.54) is 0 Å². The highest BCUT2D eigenvalue weighted by Gasteiger charge is 2.09. The summed E-state index contributed by atoms with van der Waals surface area (Å²) in [6.45, 7) is 1.96. The van der Waals surface area contributed by atoms with E-state index >= 15 is 0 Å². The molecular weight excluding hydrogens is 298 g/mol. The predicted octanol–water partition coefficient (Wildman–Crippen LogP) is 4.14. The number of benzene rings is 2. The fourth-order valence-corrected chi connectivity index (χ4v) is 2.59. The fourth-order valence-electron chi connectivity index (χ4n) is 2.59. The fraction of sp³-hybridized carbons (Fsp3) is 0.0526. The zero-order valence-corrected chi connectivity index (χ0v) is 13.3. The van der Waals surface area contributed by atoms with E-state index in [9.17, 15) is 0 Å². The Balaban J connectivity index is 1.71. The molecule has 24 heavy (non-hydrogen) atoms. The monoisotopic (exact) mass is 315 g/mol. The summed E-state index contributed by atoms with van der Waals surface area (Å²) in [5.41, 5.74) is 10.3. The average Bonchev–Trinajstić information content (AvgIpc) is 3.05. The molecule has 0 bridgehead atoms. The Morgan fingerprint density at radius 1 is 0.833 bits per heavy atom.